The number of carbonyl (C=O) groups is 1. The number of aliphatic hydroxyl groups is 5. The summed E-state index contributed by atoms with van der Waals surface area (Å²) in [5, 5.41) is 54.7. The highest BCUT2D eigenvalue weighted by Gasteiger charge is 2.44. The number of unbranched alkanes of at least 4 members (excludes halogenated alkanes) is 31. The lowest BCUT2D eigenvalue weighted by atomic mass is 9.99. The van der Waals surface area contributed by atoms with Gasteiger partial charge in [0, 0.05) is 6.42 Å². The van der Waals surface area contributed by atoms with Gasteiger partial charge in [-0.1, -0.05) is 302 Å². The van der Waals surface area contributed by atoms with Crippen molar-refractivity contribution in [2.45, 2.75) is 333 Å². The molecule has 0 aliphatic carbocycles. The summed E-state index contributed by atoms with van der Waals surface area (Å²) < 4.78 is 11.3. The van der Waals surface area contributed by atoms with Crippen LogP contribution in [0, 0.1) is 0 Å². The number of carbonyl (C=O) groups excluding carboxylic acids is 1. The first-order valence-corrected chi connectivity index (χ1v) is 34.8. The molecule has 482 valence electrons. The summed E-state index contributed by atoms with van der Waals surface area (Å²) in [6, 6.07) is -0.846. The van der Waals surface area contributed by atoms with Crippen LogP contribution < -0.4 is 5.32 Å². The normalized spacial score (nSPS) is 19.0. The molecule has 1 amide bonds. The minimum absolute atomic E-state index is 0.205. The van der Waals surface area contributed by atoms with Crippen LogP contribution >= 0.6 is 0 Å². The Bertz CT molecular complexity index is 1740. The molecule has 1 rings (SSSR count). The lowest BCUT2D eigenvalue weighted by Gasteiger charge is -2.40. The van der Waals surface area contributed by atoms with E-state index in [1.165, 1.54) is 161 Å². The summed E-state index contributed by atoms with van der Waals surface area (Å²) in [4.78, 5) is 13.1. The molecule has 7 atom stereocenters. The molecular weight excluding hydrogens is 1040 g/mol. The molecule has 0 aromatic heterocycles. The number of aliphatic hydroxyl groups excluding tert-OH is 5. The van der Waals surface area contributed by atoms with E-state index in [0.29, 0.717) is 6.42 Å². The first kappa shape index (κ1) is 78.6. The molecule has 6 N–H and O–H groups in total. The van der Waals surface area contributed by atoms with Gasteiger partial charge in [-0.25, -0.2) is 0 Å². The molecule has 0 radical (unpaired) electrons. The topological polar surface area (TPSA) is 149 Å². The van der Waals surface area contributed by atoms with Crippen LogP contribution in [0.15, 0.2) is 122 Å². The van der Waals surface area contributed by atoms with Crippen LogP contribution in [0.3, 0.4) is 0 Å². The highest BCUT2D eigenvalue weighted by molar-refractivity contribution is 5.76. The van der Waals surface area contributed by atoms with Gasteiger partial charge in [0.1, 0.15) is 24.4 Å². The van der Waals surface area contributed by atoms with Crippen molar-refractivity contribution in [2.24, 2.45) is 0 Å². The maximum atomic E-state index is 13.1. The highest BCUT2D eigenvalue weighted by atomic mass is 16.7. The monoisotopic (exact) mass is 1170 g/mol. The summed E-state index contributed by atoms with van der Waals surface area (Å²) >= 11 is 0. The molecule has 1 saturated heterocycles. The van der Waals surface area contributed by atoms with E-state index in [2.05, 4.69) is 129 Å². The average Bonchev–Trinajstić information content (AvgIpc) is 3.69. The van der Waals surface area contributed by atoms with Gasteiger partial charge in [0.05, 0.1) is 25.4 Å². The van der Waals surface area contributed by atoms with E-state index in [1.807, 2.05) is 6.08 Å². The second-order valence-corrected chi connectivity index (χ2v) is 23.6. The van der Waals surface area contributed by atoms with Crippen molar-refractivity contribution in [1.29, 1.82) is 0 Å². The zero-order valence-corrected chi connectivity index (χ0v) is 53.9. The van der Waals surface area contributed by atoms with Crippen molar-refractivity contribution in [3.8, 4) is 0 Å². The van der Waals surface area contributed by atoms with Gasteiger partial charge in [-0.3, -0.25) is 4.79 Å². The minimum Gasteiger partial charge on any atom is -0.394 e. The van der Waals surface area contributed by atoms with Gasteiger partial charge in [0.2, 0.25) is 5.91 Å². The first-order valence-electron chi connectivity index (χ1n) is 34.8. The van der Waals surface area contributed by atoms with Gasteiger partial charge in [0.25, 0.3) is 0 Å². The predicted octanol–water partition coefficient (Wildman–Crippen LogP) is 19.0. The van der Waals surface area contributed by atoms with E-state index in [9.17, 15) is 30.3 Å². The second-order valence-electron chi connectivity index (χ2n) is 23.6. The molecule has 0 spiro atoms. The fourth-order valence-electron chi connectivity index (χ4n) is 10.3. The van der Waals surface area contributed by atoms with Crippen LogP contribution in [0.1, 0.15) is 290 Å². The van der Waals surface area contributed by atoms with Crippen LogP contribution in [0.5, 0.6) is 0 Å². The van der Waals surface area contributed by atoms with E-state index in [0.717, 1.165) is 109 Å². The van der Waals surface area contributed by atoms with Crippen molar-refractivity contribution >= 4 is 5.91 Å². The summed E-state index contributed by atoms with van der Waals surface area (Å²) in [6.45, 7) is 3.66. The molecular formula is C75H129NO8. The van der Waals surface area contributed by atoms with Gasteiger partial charge < -0.3 is 40.3 Å². The number of hydrogen-bond acceptors (Lipinski definition) is 8. The number of nitrogens with one attached hydrogen (secondary N) is 1. The first-order chi connectivity index (χ1) is 41.3. The summed E-state index contributed by atoms with van der Waals surface area (Å²) in [6.07, 6.45) is 87.3. The summed E-state index contributed by atoms with van der Waals surface area (Å²) in [5.74, 6) is -0.205. The van der Waals surface area contributed by atoms with Crippen molar-refractivity contribution < 1.29 is 39.8 Å². The number of allylic oxidation sites excluding steroid dienone is 19. The van der Waals surface area contributed by atoms with Crippen LogP contribution in [-0.2, 0) is 14.3 Å². The molecule has 0 bridgehead atoms. The Kier molecular flexibility index (Phi) is 58.6. The maximum Gasteiger partial charge on any atom is 0.220 e. The Morgan fingerprint density at radius 3 is 1.14 bits per heavy atom. The zero-order valence-electron chi connectivity index (χ0n) is 53.9. The molecule has 0 aromatic rings. The Morgan fingerprint density at radius 1 is 0.417 bits per heavy atom. The standard InChI is InChI=1S/C75H129NO8/c1-3-5-7-9-11-13-15-17-19-21-23-25-27-29-31-33-34-35-37-38-40-42-44-46-48-50-52-54-56-58-60-62-64-69(78)68(67-83-75-74(82)73(81)72(80)70(66-77)84-75)76-71(79)65-63-61-59-57-55-53-51-49-47-45-43-41-39-36-32-30-28-26-24-22-20-18-16-14-12-10-8-6-4-2/h6,8,12,14,18,20,24,26,30,32,39,41,45-48,54,56,62,64,68-70,72-75,77-78,80-82H,3-5,7,9-11,13,15-17,19,21-23,25,27-29,31,33-38,40,42-44,49-53,55,57-61,63,65-67H2,1-2H3,(H,76,79)/b8-6-,14-12-,20-18-,26-24-,32-30-,41-39-,47-45-,48-46+,56-54+,64-62+. The quantitative estimate of drug-likeness (QED) is 0.0261. The third-order valence-electron chi connectivity index (χ3n) is 15.7. The lowest BCUT2D eigenvalue weighted by molar-refractivity contribution is -0.302. The van der Waals surface area contributed by atoms with Gasteiger partial charge in [-0.15, -0.1) is 0 Å². The molecule has 84 heavy (non-hydrogen) atoms. The maximum absolute atomic E-state index is 13.1. The Morgan fingerprint density at radius 2 is 0.750 bits per heavy atom. The van der Waals surface area contributed by atoms with Crippen LogP contribution in [0.2, 0.25) is 0 Å². The number of ether oxygens (including phenoxy) is 2. The molecule has 9 nitrogen and oxygen atoms in total. The van der Waals surface area contributed by atoms with E-state index >= 15 is 0 Å². The van der Waals surface area contributed by atoms with E-state index in [1.54, 1.807) is 6.08 Å². The minimum atomic E-state index is -1.59. The molecule has 1 fully saturated rings. The highest BCUT2D eigenvalue weighted by Crippen LogP contribution is 2.23. The fourth-order valence-corrected chi connectivity index (χ4v) is 10.3. The Balaban J connectivity index is 2.21. The van der Waals surface area contributed by atoms with Crippen molar-refractivity contribution in [2.75, 3.05) is 13.2 Å². The second kappa shape index (κ2) is 62.6. The molecule has 1 aliphatic heterocycles. The van der Waals surface area contributed by atoms with Crippen molar-refractivity contribution in [3.05, 3.63) is 122 Å². The Labute approximate surface area is 516 Å². The molecule has 1 heterocycles. The molecule has 0 aromatic carbocycles. The van der Waals surface area contributed by atoms with Gasteiger partial charge in [-0.2, -0.15) is 0 Å². The molecule has 1 aliphatic rings. The van der Waals surface area contributed by atoms with Gasteiger partial charge in [-0.05, 0) is 103 Å². The predicted molar refractivity (Wildman–Crippen MR) is 359 cm³/mol. The summed E-state index contributed by atoms with van der Waals surface area (Å²) in [5.41, 5.74) is 0. The Hall–Kier alpha value is -3.41. The van der Waals surface area contributed by atoms with Gasteiger partial charge in [0.15, 0.2) is 6.29 Å². The summed E-state index contributed by atoms with van der Waals surface area (Å²) in [7, 11) is 0. The molecule has 7 unspecified atom stereocenters. The number of amides is 1. The third kappa shape index (κ3) is 50.7. The molecule has 9 heteroatoms. The number of rotatable bonds is 59. The smallest absolute Gasteiger partial charge is 0.220 e. The van der Waals surface area contributed by atoms with Gasteiger partial charge >= 0.3 is 0 Å². The largest absolute Gasteiger partial charge is 0.394 e. The van der Waals surface area contributed by atoms with Crippen molar-refractivity contribution in [1.82, 2.24) is 5.32 Å². The fraction of sp³-hybridized carbons (Fsp3) is 0.720. The molecule has 0 saturated carbocycles. The van der Waals surface area contributed by atoms with Crippen LogP contribution in [-0.4, -0.2) is 87.5 Å². The van der Waals surface area contributed by atoms with Crippen LogP contribution in [0.4, 0.5) is 0 Å². The van der Waals surface area contributed by atoms with E-state index < -0.39 is 49.5 Å². The zero-order chi connectivity index (χ0) is 60.7. The number of hydrogen-bond donors (Lipinski definition) is 6. The van der Waals surface area contributed by atoms with E-state index in [-0.39, 0.29) is 12.5 Å². The van der Waals surface area contributed by atoms with E-state index in [4.69, 9.17) is 9.47 Å². The average molecular weight is 1170 g/mol. The lowest BCUT2D eigenvalue weighted by Crippen LogP contribution is -2.60. The van der Waals surface area contributed by atoms with Crippen molar-refractivity contribution in [3.63, 3.8) is 0 Å². The SMILES string of the molecule is CC/C=C\C/C=C\C/C=C\C/C=C\C/C=C\C/C=C\C/C=C\CCCCCCCCCC(=O)NC(COC1OC(CO)C(O)C(O)C1O)C(O)/C=C/CC/C=C/CC/C=C/CCCCCCCCCCCCCCCCCCCCCCCC. The third-order valence-corrected chi connectivity index (χ3v) is 15.7. The van der Waals surface area contributed by atoms with Crippen LogP contribution in [0.25, 0.3) is 0 Å².